The summed E-state index contributed by atoms with van der Waals surface area (Å²) in [5.74, 6) is 0.226. The van der Waals surface area contributed by atoms with Gasteiger partial charge in [-0.05, 0) is 57.0 Å². The molecular formula is C22H27BrN2O3. The van der Waals surface area contributed by atoms with E-state index in [0.29, 0.717) is 18.7 Å². The SMILES string of the molecule is CC(C)NC(=O)[C@H](C)N(CCc1ccccc1)C(=O)COc1ccc(Br)cc1. The summed E-state index contributed by atoms with van der Waals surface area (Å²) in [5.41, 5.74) is 1.12. The van der Waals surface area contributed by atoms with Crippen LogP contribution >= 0.6 is 15.9 Å². The number of nitrogens with one attached hydrogen (secondary N) is 1. The molecule has 6 heteroatoms. The fourth-order valence-corrected chi connectivity index (χ4v) is 3.00. The molecule has 5 nitrogen and oxygen atoms in total. The van der Waals surface area contributed by atoms with Crippen molar-refractivity contribution in [3.8, 4) is 5.75 Å². The summed E-state index contributed by atoms with van der Waals surface area (Å²) < 4.78 is 6.56. The van der Waals surface area contributed by atoms with Crippen molar-refractivity contribution in [3.05, 3.63) is 64.6 Å². The van der Waals surface area contributed by atoms with Crippen LogP contribution in [0.4, 0.5) is 0 Å². The molecule has 0 radical (unpaired) electrons. The molecule has 2 aromatic carbocycles. The molecule has 0 unspecified atom stereocenters. The normalized spacial score (nSPS) is 11.8. The van der Waals surface area contributed by atoms with Crippen molar-refractivity contribution in [2.45, 2.75) is 39.3 Å². The third-order valence-electron chi connectivity index (χ3n) is 4.26. The lowest BCUT2D eigenvalue weighted by Crippen LogP contribution is -2.51. The van der Waals surface area contributed by atoms with Crippen LogP contribution in [0.2, 0.25) is 0 Å². The minimum Gasteiger partial charge on any atom is -0.484 e. The number of ether oxygens (including phenoxy) is 1. The van der Waals surface area contributed by atoms with Gasteiger partial charge in [-0.3, -0.25) is 9.59 Å². The highest BCUT2D eigenvalue weighted by Gasteiger charge is 2.26. The number of carbonyl (C=O) groups excluding carboxylic acids is 2. The minimum absolute atomic E-state index is 0.0139. The Morgan fingerprint density at radius 2 is 1.68 bits per heavy atom. The van der Waals surface area contributed by atoms with Crippen molar-refractivity contribution in [3.63, 3.8) is 0 Å². The van der Waals surface area contributed by atoms with Crippen molar-refractivity contribution in [2.75, 3.05) is 13.2 Å². The lowest BCUT2D eigenvalue weighted by molar-refractivity contribution is -0.141. The standard InChI is InChI=1S/C22H27BrN2O3/c1-16(2)24-22(27)17(3)25(14-13-18-7-5-4-6-8-18)21(26)15-28-20-11-9-19(23)10-12-20/h4-12,16-17H,13-15H2,1-3H3,(H,24,27)/t17-/m0/s1. The van der Waals surface area contributed by atoms with Crippen LogP contribution in [0, 0.1) is 0 Å². The van der Waals surface area contributed by atoms with E-state index in [2.05, 4.69) is 21.2 Å². The van der Waals surface area contributed by atoms with Gasteiger partial charge in [0, 0.05) is 17.1 Å². The molecule has 2 rings (SSSR count). The Morgan fingerprint density at radius 3 is 2.29 bits per heavy atom. The second-order valence-corrected chi connectivity index (χ2v) is 7.82. The van der Waals surface area contributed by atoms with E-state index in [-0.39, 0.29) is 24.5 Å². The van der Waals surface area contributed by atoms with Gasteiger partial charge in [-0.2, -0.15) is 0 Å². The Labute approximate surface area is 175 Å². The number of halogens is 1. The largest absolute Gasteiger partial charge is 0.484 e. The first-order chi connectivity index (χ1) is 13.4. The average Bonchev–Trinajstić information content (AvgIpc) is 2.67. The second-order valence-electron chi connectivity index (χ2n) is 6.90. The smallest absolute Gasteiger partial charge is 0.261 e. The van der Waals surface area contributed by atoms with Gasteiger partial charge in [0.2, 0.25) is 5.91 Å². The monoisotopic (exact) mass is 446 g/mol. The number of nitrogens with zero attached hydrogens (tertiary/aromatic N) is 1. The Kier molecular flexibility index (Phi) is 8.51. The van der Waals surface area contributed by atoms with Gasteiger partial charge in [0.05, 0.1) is 0 Å². The first-order valence-electron chi connectivity index (χ1n) is 9.39. The summed E-state index contributed by atoms with van der Waals surface area (Å²) in [6.07, 6.45) is 0.671. The van der Waals surface area contributed by atoms with Crippen LogP contribution in [0.25, 0.3) is 0 Å². The maximum atomic E-state index is 12.8. The zero-order valence-electron chi connectivity index (χ0n) is 16.5. The zero-order chi connectivity index (χ0) is 20.5. The molecule has 0 bridgehead atoms. The summed E-state index contributed by atoms with van der Waals surface area (Å²) in [6, 6.07) is 16.6. The molecular weight excluding hydrogens is 420 g/mol. The number of hydrogen-bond acceptors (Lipinski definition) is 3. The first kappa shape index (κ1) is 22.0. The molecule has 2 aromatic rings. The number of amides is 2. The molecule has 28 heavy (non-hydrogen) atoms. The Bertz CT molecular complexity index is 763. The van der Waals surface area contributed by atoms with Crippen molar-refractivity contribution < 1.29 is 14.3 Å². The molecule has 150 valence electrons. The zero-order valence-corrected chi connectivity index (χ0v) is 18.1. The van der Waals surface area contributed by atoms with Crippen LogP contribution in [-0.2, 0) is 16.0 Å². The summed E-state index contributed by atoms with van der Waals surface area (Å²) >= 11 is 3.37. The molecule has 0 spiro atoms. The predicted octanol–water partition coefficient (Wildman–Crippen LogP) is 3.81. The van der Waals surface area contributed by atoms with Gasteiger partial charge in [-0.15, -0.1) is 0 Å². The molecule has 1 atom stereocenters. The average molecular weight is 447 g/mol. The topological polar surface area (TPSA) is 58.6 Å². The van der Waals surface area contributed by atoms with E-state index in [1.54, 1.807) is 24.0 Å². The highest BCUT2D eigenvalue weighted by atomic mass is 79.9. The quantitative estimate of drug-likeness (QED) is 0.636. The van der Waals surface area contributed by atoms with Gasteiger partial charge < -0.3 is 15.0 Å². The summed E-state index contributed by atoms with van der Waals surface area (Å²) in [7, 11) is 0. The molecule has 0 aliphatic heterocycles. The molecule has 0 heterocycles. The van der Waals surface area contributed by atoms with E-state index in [4.69, 9.17) is 4.74 Å². The van der Waals surface area contributed by atoms with Gasteiger partial charge in [0.25, 0.3) is 5.91 Å². The van der Waals surface area contributed by atoms with Crippen molar-refractivity contribution >= 4 is 27.7 Å². The van der Waals surface area contributed by atoms with E-state index in [9.17, 15) is 9.59 Å². The van der Waals surface area contributed by atoms with Crippen LogP contribution in [0.15, 0.2) is 59.1 Å². The van der Waals surface area contributed by atoms with Crippen molar-refractivity contribution in [2.24, 2.45) is 0 Å². The van der Waals surface area contributed by atoms with Gasteiger partial charge in [0.15, 0.2) is 6.61 Å². The fourth-order valence-electron chi connectivity index (χ4n) is 2.73. The Morgan fingerprint density at radius 1 is 1.04 bits per heavy atom. The van der Waals surface area contributed by atoms with Crippen LogP contribution in [0.1, 0.15) is 26.3 Å². The van der Waals surface area contributed by atoms with Gasteiger partial charge in [-0.1, -0.05) is 46.3 Å². The second kappa shape index (κ2) is 10.9. The summed E-state index contributed by atoms with van der Waals surface area (Å²) in [5, 5.41) is 2.88. The number of benzene rings is 2. The third-order valence-corrected chi connectivity index (χ3v) is 4.79. The highest BCUT2D eigenvalue weighted by molar-refractivity contribution is 9.10. The molecule has 2 amide bonds. The maximum absolute atomic E-state index is 12.8. The van der Waals surface area contributed by atoms with Crippen molar-refractivity contribution in [1.29, 1.82) is 0 Å². The van der Waals surface area contributed by atoms with E-state index < -0.39 is 6.04 Å². The highest BCUT2D eigenvalue weighted by Crippen LogP contribution is 2.16. The number of carbonyl (C=O) groups is 2. The molecule has 0 aliphatic rings. The maximum Gasteiger partial charge on any atom is 0.261 e. The van der Waals surface area contributed by atoms with Crippen LogP contribution < -0.4 is 10.1 Å². The lowest BCUT2D eigenvalue weighted by atomic mass is 10.1. The van der Waals surface area contributed by atoms with Gasteiger partial charge >= 0.3 is 0 Å². The van der Waals surface area contributed by atoms with Gasteiger partial charge in [-0.25, -0.2) is 0 Å². The molecule has 0 saturated carbocycles. The van der Waals surface area contributed by atoms with Gasteiger partial charge in [0.1, 0.15) is 11.8 Å². The van der Waals surface area contributed by atoms with E-state index in [0.717, 1.165) is 10.0 Å². The molecule has 1 N–H and O–H groups in total. The minimum atomic E-state index is -0.577. The fraction of sp³-hybridized carbons (Fsp3) is 0.364. The first-order valence-corrected chi connectivity index (χ1v) is 10.2. The molecule has 0 aliphatic carbocycles. The summed E-state index contributed by atoms with van der Waals surface area (Å²) in [6.45, 7) is 5.88. The van der Waals surface area contributed by atoms with Crippen LogP contribution in [-0.4, -0.2) is 41.9 Å². The number of rotatable bonds is 9. The summed E-state index contributed by atoms with van der Waals surface area (Å²) in [4.78, 5) is 26.9. The van der Waals surface area contributed by atoms with E-state index in [1.807, 2.05) is 56.3 Å². The number of hydrogen-bond donors (Lipinski definition) is 1. The van der Waals surface area contributed by atoms with Crippen LogP contribution in [0.5, 0.6) is 5.75 Å². The van der Waals surface area contributed by atoms with Crippen LogP contribution in [0.3, 0.4) is 0 Å². The van der Waals surface area contributed by atoms with Crippen molar-refractivity contribution in [1.82, 2.24) is 10.2 Å². The van der Waals surface area contributed by atoms with E-state index in [1.165, 1.54) is 0 Å². The Hall–Kier alpha value is -2.34. The third kappa shape index (κ3) is 7.00. The Balaban J connectivity index is 2.05. The lowest BCUT2D eigenvalue weighted by Gasteiger charge is -2.29. The molecule has 0 aromatic heterocycles. The molecule has 0 fully saturated rings. The predicted molar refractivity (Wildman–Crippen MR) is 114 cm³/mol. The van der Waals surface area contributed by atoms with E-state index >= 15 is 0 Å². The molecule has 0 saturated heterocycles.